The third-order valence-corrected chi connectivity index (χ3v) is 1.63. The SMILES string of the molecule is [CH2]CCc1ccccc1OC(F)F. The molecule has 0 saturated carbocycles. The molecule has 13 heavy (non-hydrogen) atoms. The zero-order chi connectivity index (χ0) is 9.68. The van der Waals surface area contributed by atoms with Crippen LogP contribution in [0.4, 0.5) is 8.78 Å². The van der Waals surface area contributed by atoms with Crippen LogP contribution in [0.2, 0.25) is 0 Å². The fourth-order valence-electron chi connectivity index (χ4n) is 1.11. The summed E-state index contributed by atoms with van der Waals surface area (Å²) in [5.41, 5.74) is 0.776. The van der Waals surface area contributed by atoms with Gasteiger partial charge in [-0.2, -0.15) is 8.78 Å². The normalized spacial score (nSPS) is 10.5. The second-order valence-corrected chi connectivity index (χ2v) is 2.59. The summed E-state index contributed by atoms with van der Waals surface area (Å²) < 4.78 is 28.1. The summed E-state index contributed by atoms with van der Waals surface area (Å²) in [6.45, 7) is 0.900. The third-order valence-electron chi connectivity index (χ3n) is 1.63. The number of para-hydroxylation sites is 1. The Labute approximate surface area is 76.3 Å². The maximum Gasteiger partial charge on any atom is 0.387 e. The van der Waals surface area contributed by atoms with Crippen molar-refractivity contribution >= 4 is 0 Å². The standard InChI is InChI=1S/C10H11F2O/c1-2-5-8-6-3-4-7-9(8)13-10(11)12/h3-4,6-7,10H,1-2,5H2. The quantitative estimate of drug-likeness (QED) is 0.700. The van der Waals surface area contributed by atoms with Crippen LogP contribution in [0.1, 0.15) is 12.0 Å². The Morgan fingerprint density at radius 3 is 2.62 bits per heavy atom. The minimum atomic E-state index is -2.76. The van der Waals surface area contributed by atoms with Gasteiger partial charge in [0.1, 0.15) is 5.75 Å². The molecule has 1 rings (SSSR count). The molecule has 0 saturated heterocycles. The van der Waals surface area contributed by atoms with E-state index in [1.165, 1.54) is 6.07 Å². The van der Waals surface area contributed by atoms with Crippen molar-refractivity contribution in [2.45, 2.75) is 19.5 Å². The van der Waals surface area contributed by atoms with E-state index in [9.17, 15) is 8.78 Å². The average molecular weight is 185 g/mol. The molecule has 0 N–H and O–H groups in total. The lowest BCUT2D eigenvalue weighted by Gasteiger charge is -2.08. The summed E-state index contributed by atoms with van der Waals surface area (Å²) >= 11 is 0. The highest BCUT2D eigenvalue weighted by Crippen LogP contribution is 2.21. The van der Waals surface area contributed by atoms with Crippen molar-refractivity contribution in [2.24, 2.45) is 0 Å². The summed E-state index contributed by atoms with van der Waals surface area (Å²) in [6, 6.07) is 6.77. The molecule has 1 nitrogen and oxygen atoms in total. The molecule has 0 amide bonds. The molecular formula is C10H11F2O. The smallest absolute Gasteiger partial charge is 0.387 e. The molecule has 0 atom stereocenters. The first kappa shape index (κ1) is 9.96. The predicted molar refractivity (Wildman–Crippen MR) is 46.8 cm³/mol. The Morgan fingerprint density at radius 1 is 1.31 bits per heavy atom. The van der Waals surface area contributed by atoms with Crippen LogP contribution in [0.15, 0.2) is 24.3 Å². The minimum absolute atomic E-state index is 0.251. The van der Waals surface area contributed by atoms with Crippen LogP contribution in [-0.4, -0.2) is 6.61 Å². The van der Waals surface area contributed by atoms with E-state index >= 15 is 0 Å². The van der Waals surface area contributed by atoms with E-state index < -0.39 is 6.61 Å². The van der Waals surface area contributed by atoms with Crippen molar-refractivity contribution < 1.29 is 13.5 Å². The van der Waals surface area contributed by atoms with E-state index in [1.807, 2.05) is 0 Å². The van der Waals surface area contributed by atoms with Gasteiger partial charge in [0.15, 0.2) is 0 Å². The number of rotatable bonds is 4. The molecule has 0 aliphatic carbocycles. The molecule has 0 heterocycles. The molecular weight excluding hydrogens is 174 g/mol. The molecule has 1 radical (unpaired) electrons. The van der Waals surface area contributed by atoms with Crippen LogP contribution >= 0.6 is 0 Å². The molecule has 3 heteroatoms. The highest BCUT2D eigenvalue weighted by molar-refractivity contribution is 5.33. The molecule has 71 valence electrons. The molecule has 0 fully saturated rings. The topological polar surface area (TPSA) is 9.23 Å². The predicted octanol–water partition coefficient (Wildman–Crippen LogP) is 3.05. The average Bonchev–Trinajstić information content (AvgIpc) is 2.08. The Balaban J connectivity index is 2.78. The van der Waals surface area contributed by atoms with E-state index in [0.717, 1.165) is 5.56 Å². The van der Waals surface area contributed by atoms with Crippen molar-refractivity contribution in [2.75, 3.05) is 0 Å². The summed E-state index contributed by atoms with van der Waals surface area (Å²) in [4.78, 5) is 0. The zero-order valence-electron chi connectivity index (χ0n) is 7.17. The summed E-state index contributed by atoms with van der Waals surface area (Å²) in [5.74, 6) is 0.251. The van der Waals surface area contributed by atoms with E-state index in [0.29, 0.717) is 12.8 Å². The molecule has 1 aromatic carbocycles. The maximum atomic E-state index is 11.9. The molecule has 0 bridgehead atoms. The highest BCUT2D eigenvalue weighted by Gasteiger charge is 2.07. The first-order valence-corrected chi connectivity index (χ1v) is 4.06. The van der Waals surface area contributed by atoms with E-state index in [-0.39, 0.29) is 5.75 Å². The third kappa shape index (κ3) is 3.01. The first-order valence-electron chi connectivity index (χ1n) is 4.06. The molecule has 0 aliphatic heterocycles. The fourth-order valence-corrected chi connectivity index (χ4v) is 1.11. The van der Waals surface area contributed by atoms with Gasteiger partial charge in [-0.15, -0.1) is 0 Å². The van der Waals surface area contributed by atoms with Gasteiger partial charge in [0.05, 0.1) is 0 Å². The lowest BCUT2D eigenvalue weighted by atomic mass is 10.1. The van der Waals surface area contributed by atoms with Gasteiger partial charge < -0.3 is 4.74 Å². The van der Waals surface area contributed by atoms with Crippen LogP contribution in [-0.2, 0) is 6.42 Å². The number of benzene rings is 1. The van der Waals surface area contributed by atoms with Gasteiger partial charge in [-0.1, -0.05) is 25.1 Å². The summed E-state index contributed by atoms with van der Waals surface area (Å²) in [7, 11) is 0. The number of hydrogen-bond donors (Lipinski definition) is 0. The van der Waals surface area contributed by atoms with Gasteiger partial charge in [0, 0.05) is 0 Å². The largest absolute Gasteiger partial charge is 0.435 e. The number of hydrogen-bond acceptors (Lipinski definition) is 1. The van der Waals surface area contributed by atoms with Crippen molar-refractivity contribution in [3.63, 3.8) is 0 Å². The van der Waals surface area contributed by atoms with E-state index in [2.05, 4.69) is 11.7 Å². The molecule has 0 aromatic heterocycles. The second kappa shape index (κ2) is 4.80. The molecule has 0 aliphatic rings. The Kier molecular flexibility index (Phi) is 3.68. The van der Waals surface area contributed by atoms with E-state index in [1.54, 1.807) is 18.2 Å². The van der Waals surface area contributed by atoms with Crippen LogP contribution in [0.5, 0.6) is 5.75 Å². The van der Waals surface area contributed by atoms with Gasteiger partial charge >= 0.3 is 6.61 Å². The lowest BCUT2D eigenvalue weighted by molar-refractivity contribution is -0.0504. The van der Waals surface area contributed by atoms with Crippen LogP contribution < -0.4 is 4.74 Å². The number of ether oxygens (including phenoxy) is 1. The Hall–Kier alpha value is -1.12. The molecule has 0 spiro atoms. The lowest BCUT2D eigenvalue weighted by Crippen LogP contribution is -2.04. The van der Waals surface area contributed by atoms with Crippen molar-refractivity contribution in [3.05, 3.63) is 36.8 Å². The van der Waals surface area contributed by atoms with Crippen LogP contribution in [0.3, 0.4) is 0 Å². The minimum Gasteiger partial charge on any atom is -0.435 e. The summed E-state index contributed by atoms with van der Waals surface area (Å²) in [6.07, 6.45) is 1.33. The molecule has 1 aromatic rings. The van der Waals surface area contributed by atoms with Crippen molar-refractivity contribution in [3.8, 4) is 5.75 Å². The zero-order valence-corrected chi connectivity index (χ0v) is 7.17. The Morgan fingerprint density at radius 2 is 2.00 bits per heavy atom. The fraction of sp³-hybridized carbons (Fsp3) is 0.300. The monoisotopic (exact) mass is 185 g/mol. The second-order valence-electron chi connectivity index (χ2n) is 2.59. The maximum absolute atomic E-state index is 11.9. The van der Waals surface area contributed by atoms with Crippen LogP contribution in [0, 0.1) is 6.92 Å². The highest BCUT2D eigenvalue weighted by atomic mass is 19.3. The van der Waals surface area contributed by atoms with Gasteiger partial charge in [-0.05, 0) is 24.5 Å². The number of alkyl halides is 2. The first-order chi connectivity index (χ1) is 6.24. The Bertz CT molecular complexity index is 261. The number of aryl methyl sites for hydroxylation is 1. The van der Waals surface area contributed by atoms with Gasteiger partial charge in [0.2, 0.25) is 0 Å². The van der Waals surface area contributed by atoms with Crippen molar-refractivity contribution in [1.29, 1.82) is 0 Å². The molecule has 0 unspecified atom stereocenters. The summed E-state index contributed by atoms with van der Waals surface area (Å²) in [5, 5.41) is 0. The number of halogens is 2. The van der Waals surface area contributed by atoms with Crippen molar-refractivity contribution in [1.82, 2.24) is 0 Å². The van der Waals surface area contributed by atoms with Crippen LogP contribution in [0.25, 0.3) is 0 Å². The van der Waals surface area contributed by atoms with Gasteiger partial charge in [-0.3, -0.25) is 0 Å². The van der Waals surface area contributed by atoms with E-state index in [4.69, 9.17) is 0 Å². The van der Waals surface area contributed by atoms with Gasteiger partial charge in [0.25, 0.3) is 0 Å². The van der Waals surface area contributed by atoms with Gasteiger partial charge in [-0.25, -0.2) is 0 Å².